The van der Waals surface area contributed by atoms with E-state index in [1.165, 1.54) is 0 Å². The number of carboxylic acids is 1. The molecule has 6 N–H and O–H groups in total. The van der Waals surface area contributed by atoms with E-state index >= 15 is 0 Å². The number of aromatic hydroxyl groups is 1. The smallest absolute Gasteiger partial charge is 0.490 e. The monoisotopic (exact) mass is 428 g/mol. The van der Waals surface area contributed by atoms with E-state index in [0.29, 0.717) is 30.1 Å². The number of hydrogen-bond acceptors (Lipinski definition) is 8. The molecule has 0 radical (unpaired) electrons. The van der Waals surface area contributed by atoms with Crippen molar-refractivity contribution < 1.29 is 37.7 Å². The number of nitriles is 1. The Labute approximate surface area is 169 Å². The molecule has 2 aromatic rings. The molecule has 162 valence electrons. The summed E-state index contributed by atoms with van der Waals surface area (Å²) in [4.78, 5) is 13.0. The van der Waals surface area contributed by atoms with E-state index in [0.717, 1.165) is 5.56 Å². The summed E-state index contributed by atoms with van der Waals surface area (Å²) in [6, 6.07) is 5.10. The number of benzene rings is 1. The molecule has 0 saturated heterocycles. The Morgan fingerprint density at radius 3 is 2.50 bits per heavy atom. The molecule has 1 aliphatic heterocycles. The van der Waals surface area contributed by atoms with Crippen LogP contribution in [0.1, 0.15) is 31.0 Å². The highest BCUT2D eigenvalue weighted by Crippen LogP contribution is 2.44. The van der Waals surface area contributed by atoms with E-state index in [4.69, 9.17) is 36.1 Å². The molecule has 0 fully saturated rings. The Morgan fingerprint density at radius 1 is 1.40 bits per heavy atom. The van der Waals surface area contributed by atoms with Crippen molar-refractivity contribution in [1.82, 2.24) is 4.98 Å². The van der Waals surface area contributed by atoms with Crippen molar-refractivity contribution in [3.63, 3.8) is 0 Å². The van der Waals surface area contributed by atoms with Gasteiger partial charge in [0.1, 0.15) is 23.2 Å². The molecule has 2 heterocycles. The number of pyridine rings is 1. The molecule has 9 nitrogen and oxygen atoms in total. The zero-order chi connectivity index (χ0) is 21.9. The van der Waals surface area contributed by atoms with Crippen LogP contribution in [0.25, 0.3) is 0 Å². The molecule has 12 heteroatoms. The lowest BCUT2D eigenvalue weighted by atomic mass is 9.98. The van der Waals surface area contributed by atoms with Gasteiger partial charge in [0.05, 0.1) is 12.3 Å². The molecule has 0 amide bonds. The zero-order valence-electron chi connectivity index (χ0n) is 14.9. The molecular weight excluding hydrogens is 409 g/mol. The topological polar surface area (TPSA) is 165 Å². The number of carbonyl (C=O) groups is 1. The minimum Gasteiger partial charge on any atom is -0.504 e. The van der Waals surface area contributed by atoms with Crippen molar-refractivity contribution in [3.05, 3.63) is 28.8 Å². The number of aliphatic carboxylic acids is 1. The highest BCUT2D eigenvalue weighted by molar-refractivity contribution is 5.73. The quantitative estimate of drug-likeness (QED) is 0.479. The highest BCUT2D eigenvalue weighted by Gasteiger charge is 2.38. The van der Waals surface area contributed by atoms with E-state index in [1.54, 1.807) is 12.1 Å². The SMILES string of the molecule is C.CCOc1cc2c(cc1O)Cc1c(nc(N)c(C#N)c1N)O2.O=C(O)C(F)(F)F. The summed E-state index contributed by atoms with van der Waals surface area (Å²) in [7, 11) is 0. The summed E-state index contributed by atoms with van der Waals surface area (Å²) in [5.41, 5.74) is 13.4. The van der Waals surface area contributed by atoms with Gasteiger partial charge in [0, 0.05) is 23.6 Å². The third-order valence-electron chi connectivity index (χ3n) is 3.70. The second-order valence-corrected chi connectivity index (χ2v) is 5.62. The molecule has 0 saturated carbocycles. The molecule has 0 spiro atoms. The number of ether oxygens (including phenoxy) is 2. The van der Waals surface area contributed by atoms with Gasteiger partial charge in [-0.1, -0.05) is 7.43 Å². The van der Waals surface area contributed by atoms with Gasteiger partial charge in [-0.25, -0.2) is 4.79 Å². The van der Waals surface area contributed by atoms with Crippen LogP contribution in [0.15, 0.2) is 12.1 Å². The number of nitrogens with two attached hydrogens (primary N) is 2. The molecule has 0 unspecified atom stereocenters. The summed E-state index contributed by atoms with van der Waals surface area (Å²) >= 11 is 0. The average molecular weight is 428 g/mol. The number of rotatable bonds is 2. The van der Waals surface area contributed by atoms with Crippen molar-refractivity contribution in [2.75, 3.05) is 18.1 Å². The molecule has 1 aromatic heterocycles. The van der Waals surface area contributed by atoms with Crippen LogP contribution in [0.2, 0.25) is 0 Å². The van der Waals surface area contributed by atoms with Crippen LogP contribution >= 0.6 is 0 Å². The van der Waals surface area contributed by atoms with Crippen LogP contribution in [0.4, 0.5) is 24.7 Å². The Kier molecular flexibility index (Phi) is 7.31. The second kappa shape index (κ2) is 9.08. The number of anilines is 2. The number of alkyl halides is 3. The number of hydrogen-bond donors (Lipinski definition) is 4. The van der Waals surface area contributed by atoms with Crippen LogP contribution in [0.3, 0.4) is 0 Å². The van der Waals surface area contributed by atoms with Crippen LogP contribution in [-0.4, -0.2) is 33.9 Å². The average Bonchev–Trinajstić information content (AvgIpc) is 2.62. The van der Waals surface area contributed by atoms with E-state index in [-0.39, 0.29) is 36.1 Å². The summed E-state index contributed by atoms with van der Waals surface area (Å²) in [5, 5.41) is 26.2. The van der Waals surface area contributed by atoms with Gasteiger partial charge in [-0.05, 0) is 13.0 Å². The number of phenolic OH excluding ortho intramolecular Hbond substituents is 1. The number of phenols is 1. The predicted molar refractivity (Wildman–Crippen MR) is 100 cm³/mol. The van der Waals surface area contributed by atoms with Crippen LogP contribution in [-0.2, 0) is 11.2 Å². The molecule has 0 bridgehead atoms. The first-order valence-electron chi connectivity index (χ1n) is 7.94. The lowest BCUT2D eigenvalue weighted by Gasteiger charge is -2.22. The largest absolute Gasteiger partial charge is 0.504 e. The number of nitrogens with zero attached hydrogens (tertiary/aromatic N) is 2. The van der Waals surface area contributed by atoms with Crippen molar-refractivity contribution >= 4 is 17.5 Å². The minimum atomic E-state index is -5.08. The van der Waals surface area contributed by atoms with Gasteiger partial charge in [0.2, 0.25) is 5.88 Å². The van der Waals surface area contributed by atoms with Gasteiger partial charge < -0.3 is 31.2 Å². The minimum absolute atomic E-state index is 0. The Morgan fingerprint density at radius 2 is 2.00 bits per heavy atom. The predicted octanol–water partition coefficient (Wildman–Crippen LogP) is 3.19. The third kappa shape index (κ3) is 4.93. The maximum atomic E-state index is 10.6. The number of aromatic nitrogens is 1. The Bertz CT molecular complexity index is 1000. The van der Waals surface area contributed by atoms with E-state index in [1.807, 2.05) is 13.0 Å². The molecule has 30 heavy (non-hydrogen) atoms. The molecule has 3 rings (SSSR count). The van der Waals surface area contributed by atoms with Gasteiger partial charge >= 0.3 is 12.1 Å². The fourth-order valence-corrected chi connectivity index (χ4v) is 2.40. The summed E-state index contributed by atoms with van der Waals surface area (Å²) in [6.45, 7) is 2.24. The first-order chi connectivity index (χ1) is 13.5. The lowest BCUT2D eigenvalue weighted by molar-refractivity contribution is -0.192. The normalized spacial score (nSPS) is 11.3. The summed E-state index contributed by atoms with van der Waals surface area (Å²) in [5.74, 6) is -1.58. The fraction of sp³-hybridized carbons (Fsp3) is 0.278. The first kappa shape index (κ1) is 24.2. The van der Waals surface area contributed by atoms with Gasteiger partial charge in [-0.3, -0.25) is 0 Å². The van der Waals surface area contributed by atoms with Crippen molar-refractivity contribution in [2.24, 2.45) is 0 Å². The Balaban J connectivity index is 0.000000489. The molecule has 1 aliphatic rings. The first-order valence-corrected chi connectivity index (χ1v) is 7.94. The molecule has 0 atom stereocenters. The van der Waals surface area contributed by atoms with E-state index < -0.39 is 12.1 Å². The van der Waals surface area contributed by atoms with E-state index in [2.05, 4.69) is 4.98 Å². The number of nitrogen functional groups attached to an aromatic ring is 2. The highest BCUT2D eigenvalue weighted by atomic mass is 19.4. The molecule has 0 aliphatic carbocycles. The van der Waals surface area contributed by atoms with Crippen LogP contribution < -0.4 is 20.9 Å². The van der Waals surface area contributed by atoms with Crippen molar-refractivity contribution in [1.29, 1.82) is 5.26 Å². The maximum Gasteiger partial charge on any atom is 0.490 e. The van der Waals surface area contributed by atoms with Crippen LogP contribution in [0, 0.1) is 11.3 Å². The van der Waals surface area contributed by atoms with Gasteiger partial charge in [-0.15, -0.1) is 0 Å². The van der Waals surface area contributed by atoms with Crippen LogP contribution in [0.5, 0.6) is 23.1 Å². The maximum absolute atomic E-state index is 10.6. The standard InChI is InChI=1S/C15H14N4O3.C2HF3O2.CH4/c1-2-21-12-5-11-7(4-10(12)20)3-8-13(17)9(6-16)14(18)19-15(8)22-11;3-2(4,5)1(6)7;/h4-5,20H,2-3H2,1H3,(H4,17,18,19);(H,6,7);1H4. The van der Waals surface area contributed by atoms with Gasteiger partial charge in [0.25, 0.3) is 0 Å². The van der Waals surface area contributed by atoms with Crippen molar-refractivity contribution in [3.8, 4) is 29.2 Å². The fourth-order valence-electron chi connectivity index (χ4n) is 2.40. The number of fused-ring (bicyclic) bond motifs is 2. The summed E-state index contributed by atoms with van der Waals surface area (Å²) in [6.07, 6.45) is -4.70. The molecule has 1 aromatic carbocycles. The van der Waals surface area contributed by atoms with E-state index in [9.17, 15) is 18.3 Å². The number of carboxylic acid groups (broad SMARTS) is 1. The van der Waals surface area contributed by atoms with Crippen molar-refractivity contribution in [2.45, 2.75) is 26.9 Å². The summed E-state index contributed by atoms with van der Waals surface area (Å²) < 4.78 is 42.8. The third-order valence-corrected chi connectivity index (χ3v) is 3.70. The zero-order valence-corrected chi connectivity index (χ0v) is 14.9. The van der Waals surface area contributed by atoms with Gasteiger partial charge in [-0.2, -0.15) is 23.4 Å². The van der Waals surface area contributed by atoms with Gasteiger partial charge in [0.15, 0.2) is 11.5 Å². The Hall–Kier alpha value is -3.88. The number of halogens is 3. The second-order valence-electron chi connectivity index (χ2n) is 5.62. The molecular formula is C18H19F3N4O5. The lowest BCUT2D eigenvalue weighted by Crippen LogP contribution is -2.21.